The number of fused-ring (bicyclic) bond motifs is 1. The van der Waals surface area contributed by atoms with Crippen LogP contribution in [0.25, 0.3) is 5.65 Å². The van der Waals surface area contributed by atoms with E-state index in [2.05, 4.69) is 15.4 Å². The smallest absolute Gasteiger partial charge is 0.272 e. The minimum absolute atomic E-state index is 0.0110. The third-order valence-electron chi connectivity index (χ3n) is 4.41. The molecule has 2 N–H and O–H groups in total. The molecule has 25 heavy (non-hydrogen) atoms. The molecule has 0 aromatic carbocycles. The Balaban J connectivity index is 1.82. The summed E-state index contributed by atoms with van der Waals surface area (Å²) >= 11 is 0. The van der Waals surface area contributed by atoms with Gasteiger partial charge in [-0.3, -0.25) is 19.5 Å². The number of nitrogens with one attached hydrogen (secondary N) is 2. The average molecular weight is 345 g/mol. The van der Waals surface area contributed by atoms with Crippen molar-refractivity contribution in [3.63, 3.8) is 0 Å². The highest BCUT2D eigenvalue weighted by molar-refractivity contribution is 5.86. The van der Waals surface area contributed by atoms with E-state index >= 15 is 0 Å². The van der Waals surface area contributed by atoms with Crippen molar-refractivity contribution in [2.45, 2.75) is 39.7 Å². The second kappa shape index (κ2) is 6.70. The van der Waals surface area contributed by atoms with Gasteiger partial charge in [0, 0.05) is 30.8 Å². The highest BCUT2D eigenvalue weighted by Crippen LogP contribution is 2.20. The summed E-state index contributed by atoms with van der Waals surface area (Å²) in [5.41, 5.74) is 1.66. The molecule has 8 nitrogen and oxygen atoms in total. The SMILES string of the molecule is Cc1cc2nc([C@@H](NC(=O)CN3CCCC3=O)C(C)C)cc(=O)n2[nH]1. The van der Waals surface area contributed by atoms with Gasteiger partial charge in [-0.1, -0.05) is 13.8 Å². The van der Waals surface area contributed by atoms with Gasteiger partial charge in [0.25, 0.3) is 5.56 Å². The van der Waals surface area contributed by atoms with Gasteiger partial charge in [-0.2, -0.15) is 0 Å². The van der Waals surface area contributed by atoms with Gasteiger partial charge < -0.3 is 10.2 Å². The number of rotatable bonds is 5. The maximum Gasteiger partial charge on any atom is 0.272 e. The number of aromatic amines is 1. The molecule has 1 fully saturated rings. The molecule has 2 aromatic heterocycles. The normalized spacial score (nSPS) is 16.0. The molecular formula is C17H23N5O3. The van der Waals surface area contributed by atoms with Crippen LogP contribution in [0.1, 0.15) is 44.1 Å². The molecule has 0 saturated carbocycles. The molecular weight excluding hydrogens is 322 g/mol. The number of aryl methyl sites for hydroxylation is 1. The predicted molar refractivity (Wildman–Crippen MR) is 92.1 cm³/mol. The van der Waals surface area contributed by atoms with Crippen LogP contribution in [0, 0.1) is 12.8 Å². The van der Waals surface area contributed by atoms with Crippen molar-refractivity contribution >= 4 is 17.5 Å². The van der Waals surface area contributed by atoms with E-state index in [-0.39, 0.29) is 29.8 Å². The van der Waals surface area contributed by atoms with Crippen LogP contribution < -0.4 is 10.9 Å². The minimum atomic E-state index is -0.391. The van der Waals surface area contributed by atoms with Gasteiger partial charge in [-0.25, -0.2) is 9.50 Å². The van der Waals surface area contributed by atoms with Crippen LogP contribution in [0.4, 0.5) is 0 Å². The lowest BCUT2D eigenvalue weighted by Gasteiger charge is -2.23. The number of carbonyl (C=O) groups is 2. The fourth-order valence-corrected chi connectivity index (χ4v) is 3.14. The molecule has 8 heteroatoms. The second-order valence-electron chi connectivity index (χ2n) is 6.86. The van der Waals surface area contributed by atoms with Crippen LogP contribution in [0.5, 0.6) is 0 Å². The van der Waals surface area contributed by atoms with E-state index in [1.54, 1.807) is 11.0 Å². The van der Waals surface area contributed by atoms with E-state index in [1.807, 2.05) is 20.8 Å². The zero-order valence-electron chi connectivity index (χ0n) is 14.7. The second-order valence-corrected chi connectivity index (χ2v) is 6.86. The van der Waals surface area contributed by atoms with Crippen molar-refractivity contribution in [1.82, 2.24) is 24.8 Å². The van der Waals surface area contributed by atoms with E-state index in [0.29, 0.717) is 24.3 Å². The lowest BCUT2D eigenvalue weighted by Crippen LogP contribution is -2.41. The molecule has 0 spiro atoms. The van der Waals surface area contributed by atoms with Crippen LogP contribution in [0.2, 0.25) is 0 Å². The van der Waals surface area contributed by atoms with Crippen LogP contribution in [0.15, 0.2) is 16.9 Å². The first-order valence-corrected chi connectivity index (χ1v) is 8.51. The summed E-state index contributed by atoms with van der Waals surface area (Å²) in [5, 5.41) is 5.85. The summed E-state index contributed by atoms with van der Waals surface area (Å²) in [6, 6.07) is 2.83. The Labute approximate surface area is 145 Å². The Kier molecular flexibility index (Phi) is 4.61. The summed E-state index contributed by atoms with van der Waals surface area (Å²) in [7, 11) is 0. The first-order chi connectivity index (χ1) is 11.8. The number of H-pyrrole nitrogens is 1. The number of nitrogens with zero attached hydrogens (tertiary/aromatic N) is 3. The largest absolute Gasteiger partial charge is 0.346 e. The molecule has 2 amide bonds. The molecule has 134 valence electrons. The van der Waals surface area contributed by atoms with Gasteiger partial charge in [0.15, 0.2) is 5.65 Å². The number of amides is 2. The lowest BCUT2D eigenvalue weighted by molar-refractivity contribution is -0.133. The highest BCUT2D eigenvalue weighted by Gasteiger charge is 2.26. The fraction of sp³-hybridized carbons (Fsp3) is 0.529. The maximum atomic E-state index is 12.4. The van der Waals surface area contributed by atoms with Crippen LogP contribution in [-0.2, 0) is 9.59 Å². The van der Waals surface area contributed by atoms with E-state index in [9.17, 15) is 14.4 Å². The first kappa shape index (κ1) is 17.2. The van der Waals surface area contributed by atoms with E-state index in [0.717, 1.165) is 12.1 Å². The fourth-order valence-electron chi connectivity index (χ4n) is 3.14. The van der Waals surface area contributed by atoms with Gasteiger partial charge in [0.05, 0.1) is 18.3 Å². The Morgan fingerprint density at radius 3 is 2.76 bits per heavy atom. The molecule has 0 unspecified atom stereocenters. The molecule has 3 rings (SSSR count). The zero-order valence-corrected chi connectivity index (χ0v) is 14.7. The van der Waals surface area contributed by atoms with Crippen molar-refractivity contribution in [2.75, 3.05) is 13.1 Å². The average Bonchev–Trinajstić information content (AvgIpc) is 3.10. The molecule has 0 radical (unpaired) electrons. The third kappa shape index (κ3) is 3.57. The van der Waals surface area contributed by atoms with Gasteiger partial charge in [0.1, 0.15) is 0 Å². The maximum absolute atomic E-state index is 12.4. The van der Waals surface area contributed by atoms with Crippen molar-refractivity contribution in [1.29, 1.82) is 0 Å². The summed E-state index contributed by atoms with van der Waals surface area (Å²) < 4.78 is 1.38. The zero-order chi connectivity index (χ0) is 18.1. The number of aromatic nitrogens is 3. The van der Waals surface area contributed by atoms with Crippen molar-refractivity contribution in [2.24, 2.45) is 5.92 Å². The number of likely N-dealkylation sites (tertiary alicyclic amines) is 1. The first-order valence-electron chi connectivity index (χ1n) is 8.51. The predicted octanol–water partition coefficient (Wildman–Crippen LogP) is 0.767. The summed E-state index contributed by atoms with van der Waals surface area (Å²) in [6.07, 6.45) is 1.30. The van der Waals surface area contributed by atoms with E-state index in [1.165, 1.54) is 10.6 Å². The molecule has 1 aliphatic heterocycles. The van der Waals surface area contributed by atoms with Crippen LogP contribution in [0.3, 0.4) is 0 Å². The molecule has 1 aliphatic rings. The van der Waals surface area contributed by atoms with Crippen molar-refractivity contribution in [3.8, 4) is 0 Å². The summed E-state index contributed by atoms with van der Waals surface area (Å²) in [4.78, 5) is 42.4. The molecule has 3 heterocycles. The quantitative estimate of drug-likeness (QED) is 0.836. The van der Waals surface area contributed by atoms with Crippen LogP contribution in [-0.4, -0.2) is 44.4 Å². The van der Waals surface area contributed by atoms with Gasteiger partial charge in [-0.05, 0) is 19.3 Å². The molecule has 0 aliphatic carbocycles. The van der Waals surface area contributed by atoms with E-state index in [4.69, 9.17) is 0 Å². The Morgan fingerprint density at radius 2 is 2.12 bits per heavy atom. The molecule has 1 atom stereocenters. The Morgan fingerprint density at radius 1 is 1.36 bits per heavy atom. The van der Waals surface area contributed by atoms with Crippen molar-refractivity contribution < 1.29 is 9.59 Å². The summed E-state index contributed by atoms with van der Waals surface area (Å²) in [6.45, 7) is 6.43. The lowest BCUT2D eigenvalue weighted by atomic mass is 10.0. The highest BCUT2D eigenvalue weighted by atomic mass is 16.2. The standard InChI is InChI=1S/C17H23N5O3/c1-10(2)17(19-14(23)9-21-6-4-5-15(21)24)12-8-16(25)22-13(18-12)7-11(3)20-22/h7-8,10,17,20H,4-6,9H2,1-3H3,(H,19,23)/t17-/m0/s1. The van der Waals surface area contributed by atoms with Crippen LogP contribution >= 0.6 is 0 Å². The van der Waals surface area contributed by atoms with Gasteiger partial charge in [0.2, 0.25) is 11.8 Å². The molecule has 0 bridgehead atoms. The number of carbonyl (C=O) groups excluding carboxylic acids is 2. The third-order valence-corrected chi connectivity index (χ3v) is 4.41. The number of hydrogen-bond donors (Lipinski definition) is 2. The van der Waals surface area contributed by atoms with Crippen molar-refractivity contribution in [3.05, 3.63) is 33.9 Å². The minimum Gasteiger partial charge on any atom is -0.346 e. The Hall–Kier alpha value is -2.64. The summed E-state index contributed by atoms with van der Waals surface area (Å²) in [5.74, 6) is -0.175. The number of hydrogen-bond acceptors (Lipinski definition) is 4. The molecule has 2 aromatic rings. The molecule has 1 saturated heterocycles. The van der Waals surface area contributed by atoms with Gasteiger partial charge >= 0.3 is 0 Å². The topological polar surface area (TPSA) is 99.6 Å². The van der Waals surface area contributed by atoms with E-state index < -0.39 is 6.04 Å². The van der Waals surface area contributed by atoms with Gasteiger partial charge in [-0.15, -0.1) is 0 Å². The monoisotopic (exact) mass is 345 g/mol. The Bertz CT molecular complexity index is 867.